The average Bonchev–Trinajstić information content (AvgIpc) is 2.44. The Balaban J connectivity index is 2.28. The van der Waals surface area contributed by atoms with E-state index in [1.165, 1.54) is 14.0 Å². The number of ketones is 1. The van der Waals surface area contributed by atoms with Crippen LogP contribution in [0, 0.1) is 11.3 Å². The summed E-state index contributed by atoms with van der Waals surface area (Å²) in [7, 11) is 1.53. The molecule has 0 amide bonds. The van der Waals surface area contributed by atoms with Crippen molar-refractivity contribution in [3.63, 3.8) is 0 Å². The van der Waals surface area contributed by atoms with E-state index in [0.717, 1.165) is 17.7 Å². The molecular formula is C15H17NO3. The monoisotopic (exact) mass is 259 g/mol. The fourth-order valence-corrected chi connectivity index (χ4v) is 2.35. The molecule has 1 heterocycles. The molecule has 0 unspecified atom stereocenters. The molecule has 1 aromatic rings. The highest BCUT2D eigenvalue weighted by Crippen LogP contribution is 2.33. The van der Waals surface area contributed by atoms with Crippen LogP contribution in [-0.2, 0) is 16.0 Å². The summed E-state index contributed by atoms with van der Waals surface area (Å²) in [6.45, 7) is 3.27. The Labute approximate surface area is 112 Å². The van der Waals surface area contributed by atoms with E-state index >= 15 is 0 Å². The second-order valence-corrected chi connectivity index (χ2v) is 4.95. The molecule has 1 aromatic carbocycles. The number of fused-ring (bicyclic) bond motifs is 1. The third-order valence-electron chi connectivity index (χ3n) is 3.87. The molecule has 2 atom stereocenters. The molecule has 2 rings (SSSR count). The number of carbonyl (C=O) groups is 1. The molecule has 100 valence electrons. The maximum Gasteiger partial charge on any atom is 0.165 e. The number of rotatable bonds is 3. The van der Waals surface area contributed by atoms with Crippen molar-refractivity contribution in [3.8, 4) is 11.8 Å². The molecule has 0 N–H and O–H groups in total. The van der Waals surface area contributed by atoms with Crippen molar-refractivity contribution < 1.29 is 14.3 Å². The highest BCUT2D eigenvalue weighted by Gasteiger charge is 2.42. The van der Waals surface area contributed by atoms with E-state index in [4.69, 9.17) is 14.7 Å². The fourth-order valence-electron chi connectivity index (χ4n) is 2.35. The van der Waals surface area contributed by atoms with Gasteiger partial charge >= 0.3 is 0 Å². The van der Waals surface area contributed by atoms with Gasteiger partial charge in [-0.2, -0.15) is 5.26 Å². The second-order valence-electron chi connectivity index (χ2n) is 4.95. The number of ether oxygens (including phenoxy) is 2. The van der Waals surface area contributed by atoms with Crippen LogP contribution < -0.4 is 4.74 Å². The first-order valence-electron chi connectivity index (χ1n) is 6.27. The second kappa shape index (κ2) is 5.02. The van der Waals surface area contributed by atoms with Gasteiger partial charge in [0.05, 0.1) is 11.6 Å². The Bertz CT molecular complexity index is 547. The number of nitriles is 1. The van der Waals surface area contributed by atoms with Crippen molar-refractivity contribution >= 4 is 5.78 Å². The molecule has 0 saturated carbocycles. The Morgan fingerprint density at radius 1 is 1.58 bits per heavy atom. The smallest absolute Gasteiger partial charge is 0.165 e. The fraction of sp³-hybridized carbons (Fsp3) is 0.467. The lowest BCUT2D eigenvalue weighted by Crippen LogP contribution is -2.51. The SMILES string of the molecule is CO[C@](C)(C(C)=O)[C@H]1CCc2cc(C#N)ccc2O1. The molecule has 19 heavy (non-hydrogen) atoms. The van der Waals surface area contributed by atoms with Crippen LogP contribution in [0.4, 0.5) is 0 Å². The number of nitrogens with zero attached hydrogens (tertiary/aromatic N) is 1. The first-order valence-corrected chi connectivity index (χ1v) is 6.27. The summed E-state index contributed by atoms with van der Waals surface area (Å²) in [5.41, 5.74) is 0.713. The predicted octanol–water partition coefficient (Wildman–Crippen LogP) is 2.25. The third-order valence-corrected chi connectivity index (χ3v) is 3.87. The van der Waals surface area contributed by atoms with E-state index in [1.807, 2.05) is 6.07 Å². The summed E-state index contributed by atoms with van der Waals surface area (Å²) in [4.78, 5) is 11.8. The molecule has 0 radical (unpaired) electrons. The minimum absolute atomic E-state index is 0.0444. The highest BCUT2D eigenvalue weighted by molar-refractivity contribution is 5.85. The van der Waals surface area contributed by atoms with Crippen LogP contribution >= 0.6 is 0 Å². The zero-order valence-electron chi connectivity index (χ0n) is 11.4. The highest BCUT2D eigenvalue weighted by atomic mass is 16.5. The summed E-state index contributed by atoms with van der Waals surface area (Å²) in [5, 5.41) is 8.88. The normalized spacial score (nSPS) is 20.6. The van der Waals surface area contributed by atoms with Crippen LogP contribution in [0.1, 0.15) is 31.4 Å². The van der Waals surface area contributed by atoms with Crippen molar-refractivity contribution in [3.05, 3.63) is 29.3 Å². The van der Waals surface area contributed by atoms with E-state index in [-0.39, 0.29) is 11.9 Å². The molecule has 4 nitrogen and oxygen atoms in total. The van der Waals surface area contributed by atoms with E-state index in [2.05, 4.69) is 6.07 Å². The summed E-state index contributed by atoms with van der Waals surface area (Å²) in [6.07, 6.45) is 1.18. The zero-order valence-corrected chi connectivity index (χ0v) is 11.4. The van der Waals surface area contributed by atoms with Crippen LogP contribution in [0.5, 0.6) is 5.75 Å². The van der Waals surface area contributed by atoms with Gasteiger partial charge in [-0.05, 0) is 50.5 Å². The van der Waals surface area contributed by atoms with Gasteiger partial charge in [0.15, 0.2) is 11.4 Å². The lowest BCUT2D eigenvalue weighted by Gasteiger charge is -2.37. The third kappa shape index (κ3) is 2.34. The number of hydrogen-bond acceptors (Lipinski definition) is 4. The van der Waals surface area contributed by atoms with E-state index < -0.39 is 5.60 Å². The van der Waals surface area contributed by atoms with Gasteiger partial charge in [-0.3, -0.25) is 4.79 Å². The van der Waals surface area contributed by atoms with Gasteiger partial charge in [-0.1, -0.05) is 0 Å². The number of carbonyl (C=O) groups excluding carboxylic acids is 1. The van der Waals surface area contributed by atoms with Gasteiger partial charge < -0.3 is 9.47 Å². The van der Waals surface area contributed by atoms with Gasteiger partial charge in [0.1, 0.15) is 11.9 Å². The van der Waals surface area contributed by atoms with Crippen LogP contribution in [0.25, 0.3) is 0 Å². The minimum atomic E-state index is -0.925. The van der Waals surface area contributed by atoms with Crippen molar-refractivity contribution in [1.29, 1.82) is 5.26 Å². The lowest BCUT2D eigenvalue weighted by molar-refractivity contribution is -0.149. The van der Waals surface area contributed by atoms with Crippen LogP contribution in [-0.4, -0.2) is 24.6 Å². The van der Waals surface area contributed by atoms with Crippen molar-refractivity contribution in [1.82, 2.24) is 0 Å². The van der Waals surface area contributed by atoms with Crippen LogP contribution in [0.2, 0.25) is 0 Å². The summed E-state index contributed by atoms with van der Waals surface area (Å²) in [6, 6.07) is 7.46. The number of benzene rings is 1. The molecule has 4 heteroatoms. The van der Waals surface area contributed by atoms with Crippen LogP contribution in [0.3, 0.4) is 0 Å². The van der Waals surface area contributed by atoms with E-state index in [1.54, 1.807) is 19.1 Å². The van der Waals surface area contributed by atoms with Crippen molar-refractivity contribution in [2.75, 3.05) is 7.11 Å². The average molecular weight is 259 g/mol. The summed E-state index contributed by atoms with van der Waals surface area (Å²) < 4.78 is 11.3. The molecule has 1 aliphatic heterocycles. The number of Topliss-reactive ketones (excluding diaryl/α,β-unsaturated/α-hetero) is 1. The molecule has 0 spiro atoms. The van der Waals surface area contributed by atoms with Crippen LogP contribution in [0.15, 0.2) is 18.2 Å². The number of methoxy groups -OCH3 is 1. The lowest BCUT2D eigenvalue weighted by atomic mass is 9.87. The summed E-state index contributed by atoms with van der Waals surface area (Å²) in [5.74, 6) is 0.692. The molecule has 0 saturated heterocycles. The quantitative estimate of drug-likeness (QED) is 0.835. The van der Waals surface area contributed by atoms with Gasteiger partial charge in [0.25, 0.3) is 0 Å². The standard InChI is InChI=1S/C15H17NO3/c1-10(17)15(2,18-3)14-7-5-12-8-11(9-16)4-6-13(12)19-14/h4,6,8,14H,5,7H2,1-3H3/t14-,15-/m1/s1. The topological polar surface area (TPSA) is 59.3 Å². The van der Waals surface area contributed by atoms with Gasteiger partial charge in [0, 0.05) is 7.11 Å². The van der Waals surface area contributed by atoms with Gasteiger partial charge in [0.2, 0.25) is 0 Å². The predicted molar refractivity (Wildman–Crippen MR) is 70.0 cm³/mol. The molecular weight excluding hydrogens is 242 g/mol. The van der Waals surface area contributed by atoms with Gasteiger partial charge in [-0.25, -0.2) is 0 Å². The summed E-state index contributed by atoms with van der Waals surface area (Å²) >= 11 is 0. The Morgan fingerprint density at radius 2 is 2.32 bits per heavy atom. The maximum absolute atomic E-state index is 11.8. The first kappa shape index (κ1) is 13.6. The molecule has 0 aromatic heterocycles. The largest absolute Gasteiger partial charge is 0.487 e. The molecule has 0 aliphatic carbocycles. The first-order chi connectivity index (χ1) is 9.01. The Kier molecular flexibility index (Phi) is 3.59. The molecule has 0 bridgehead atoms. The van der Waals surface area contributed by atoms with Crippen molar-refractivity contribution in [2.24, 2.45) is 0 Å². The Morgan fingerprint density at radius 3 is 2.89 bits per heavy atom. The Hall–Kier alpha value is -1.86. The minimum Gasteiger partial charge on any atom is -0.487 e. The van der Waals surface area contributed by atoms with E-state index in [0.29, 0.717) is 12.0 Å². The molecule has 0 fully saturated rings. The zero-order chi connectivity index (χ0) is 14.0. The molecule has 1 aliphatic rings. The van der Waals surface area contributed by atoms with E-state index in [9.17, 15) is 4.79 Å². The maximum atomic E-state index is 11.8. The van der Waals surface area contributed by atoms with Crippen molar-refractivity contribution in [2.45, 2.75) is 38.4 Å². The number of aryl methyl sites for hydroxylation is 1. The number of hydrogen-bond donors (Lipinski definition) is 0. The van der Waals surface area contributed by atoms with Gasteiger partial charge in [-0.15, -0.1) is 0 Å².